The van der Waals surface area contributed by atoms with Gasteiger partial charge in [-0.25, -0.2) is 5.43 Å². The normalized spacial score (nSPS) is 13.3. The molecule has 1 amide bonds. The molecule has 1 aromatic carbocycles. The summed E-state index contributed by atoms with van der Waals surface area (Å²) >= 11 is 0. The van der Waals surface area contributed by atoms with Gasteiger partial charge in [0.25, 0.3) is 5.91 Å². The van der Waals surface area contributed by atoms with E-state index in [4.69, 9.17) is 0 Å². The van der Waals surface area contributed by atoms with Crippen molar-refractivity contribution < 1.29 is 9.90 Å². The number of nitrogens with one attached hydrogen (secondary N) is 1. The van der Waals surface area contributed by atoms with Crippen molar-refractivity contribution in [3.05, 3.63) is 35.9 Å². The number of hydrogen-bond donors (Lipinski definition) is 2. The first-order valence-corrected chi connectivity index (χ1v) is 5.21. The van der Waals surface area contributed by atoms with Crippen molar-refractivity contribution in [3.63, 3.8) is 0 Å². The third-order valence-electron chi connectivity index (χ3n) is 2.23. The van der Waals surface area contributed by atoms with Gasteiger partial charge in [-0.15, -0.1) is 0 Å². The molecule has 4 heteroatoms. The molecule has 4 nitrogen and oxygen atoms in total. The van der Waals surface area contributed by atoms with Gasteiger partial charge in [-0.1, -0.05) is 37.3 Å². The summed E-state index contributed by atoms with van der Waals surface area (Å²) in [6, 6.07) is 8.76. The Kier molecular flexibility index (Phi) is 4.66. The van der Waals surface area contributed by atoms with E-state index >= 15 is 0 Å². The second kappa shape index (κ2) is 6.02. The molecule has 1 unspecified atom stereocenters. The van der Waals surface area contributed by atoms with Crippen LogP contribution in [0.4, 0.5) is 0 Å². The summed E-state index contributed by atoms with van der Waals surface area (Å²) in [5, 5.41) is 13.5. The fourth-order valence-electron chi connectivity index (χ4n) is 1.08. The number of hydrogen-bond acceptors (Lipinski definition) is 3. The Bertz CT molecular complexity index is 374. The summed E-state index contributed by atoms with van der Waals surface area (Å²) in [6.45, 7) is 3.76. The highest BCUT2D eigenvalue weighted by Gasteiger charge is 2.15. The van der Waals surface area contributed by atoms with E-state index in [2.05, 4.69) is 10.5 Å². The van der Waals surface area contributed by atoms with Crippen molar-refractivity contribution in [2.24, 2.45) is 5.10 Å². The van der Waals surface area contributed by atoms with Crippen molar-refractivity contribution >= 4 is 11.6 Å². The zero-order valence-corrected chi connectivity index (χ0v) is 9.47. The number of rotatable bonds is 4. The van der Waals surface area contributed by atoms with Gasteiger partial charge >= 0.3 is 0 Å². The van der Waals surface area contributed by atoms with E-state index in [1.54, 1.807) is 24.3 Å². The molecule has 0 saturated carbocycles. The number of benzene rings is 1. The molecule has 86 valence electrons. The molecule has 2 N–H and O–H groups in total. The van der Waals surface area contributed by atoms with Gasteiger partial charge in [-0.05, 0) is 18.9 Å². The molecule has 1 rings (SSSR count). The zero-order valence-electron chi connectivity index (χ0n) is 9.47. The largest absolute Gasteiger partial charge is 0.378 e. The molecule has 0 aliphatic rings. The summed E-state index contributed by atoms with van der Waals surface area (Å²) in [4.78, 5) is 11.5. The van der Waals surface area contributed by atoms with Gasteiger partial charge in [-0.3, -0.25) is 4.79 Å². The number of nitrogens with zero attached hydrogens (tertiary/aromatic N) is 1. The summed E-state index contributed by atoms with van der Waals surface area (Å²) in [7, 11) is 0. The molecule has 0 aliphatic heterocycles. The lowest BCUT2D eigenvalue weighted by atomic mass is 10.1. The Balaban J connectivity index is 2.62. The van der Waals surface area contributed by atoms with Crippen LogP contribution in [0.3, 0.4) is 0 Å². The smallest absolute Gasteiger partial charge is 0.273 e. The van der Waals surface area contributed by atoms with Crippen LogP contribution in [0.2, 0.25) is 0 Å². The van der Waals surface area contributed by atoms with Crippen molar-refractivity contribution in [2.75, 3.05) is 0 Å². The Labute approximate surface area is 95.0 Å². The molecule has 0 fully saturated rings. The fraction of sp³-hybridized carbons (Fsp3) is 0.333. The third-order valence-corrected chi connectivity index (χ3v) is 2.23. The van der Waals surface area contributed by atoms with Gasteiger partial charge in [0.2, 0.25) is 0 Å². The van der Waals surface area contributed by atoms with E-state index in [0.717, 1.165) is 12.1 Å². The lowest BCUT2D eigenvalue weighted by molar-refractivity contribution is -0.129. The maximum atomic E-state index is 11.5. The summed E-state index contributed by atoms with van der Waals surface area (Å²) in [5.41, 5.74) is 3.70. The van der Waals surface area contributed by atoms with Crippen LogP contribution in [0.25, 0.3) is 0 Å². The molecule has 0 heterocycles. The number of carbonyl (C=O) groups is 1. The van der Waals surface area contributed by atoms with Crippen molar-refractivity contribution in [3.8, 4) is 0 Å². The molecule has 1 atom stereocenters. The van der Waals surface area contributed by atoms with E-state index in [-0.39, 0.29) is 0 Å². The number of aliphatic hydroxyl groups is 1. The predicted molar refractivity (Wildman–Crippen MR) is 62.9 cm³/mol. The van der Waals surface area contributed by atoms with Gasteiger partial charge in [0.15, 0.2) is 6.10 Å². The molecule has 0 saturated heterocycles. The molecule has 0 aliphatic carbocycles. The molecule has 0 bridgehead atoms. The molecule has 0 aromatic heterocycles. The maximum Gasteiger partial charge on any atom is 0.273 e. The Morgan fingerprint density at radius 2 is 2.06 bits per heavy atom. The van der Waals surface area contributed by atoms with Crippen LogP contribution in [-0.2, 0) is 4.79 Å². The first-order chi connectivity index (χ1) is 7.65. The maximum absolute atomic E-state index is 11.5. The van der Waals surface area contributed by atoms with Crippen molar-refractivity contribution in [2.45, 2.75) is 26.4 Å². The molecular formula is C12H16N2O2. The molecular weight excluding hydrogens is 204 g/mol. The van der Waals surface area contributed by atoms with Crippen molar-refractivity contribution in [1.29, 1.82) is 0 Å². The minimum atomic E-state index is -1.17. The van der Waals surface area contributed by atoms with Crippen LogP contribution in [0, 0.1) is 0 Å². The average Bonchev–Trinajstić information content (AvgIpc) is 2.35. The second-order valence-electron chi connectivity index (χ2n) is 3.49. The summed E-state index contributed by atoms with van der Waals surface area (Å²) in [5.74, 6) is -0.515. The minimum absolute atomic E-state index is 0.515. The monoisotopic (exact) mass is 220 g/mol. The lowest BCUT2D eigenvalue weighted by Gasteiger charge is -2.08. The van der Waals surface area contributed by atoms with E-state index in [1.165, 1.54) is 0 Å². The highest BCUT2D eigenvalue weighted by molar-refractivity contribution is 5.86. The molecule has 16 heavy (non-hydrogen) atoms. The second-order valence-corrected chi connectivity index (χ2v) is 3.49. The van der Waals surface area contributed by atoms with Gasteiger partial charge in [0.05, 0.1) is 0 Å². The summed E-state index contributed by atoms with van der Waals surface area (Å²) < 4.78 is 0. The van der Waals surface area contributed by atoms with E-state index < -0.39 is 12.0 Å². The highest BCUT2D eigenvalue weighted by Crippen LogP contribution is 2.11. The molecule has 1 aromatic rings. The van der Waals surface area contributed by atoms with Crippen LogP contribution in [0.15, 0.2) is 35.4 Å². The number of aliphatic hydroxyl groups excluding tert-OH is 1. The van der Waals surface area contributed by atoms with Gasteiger partial charge < -0.3 is 5.11 Å². The first-order valence-electron chi connectivity index (χ1n) is 5.21. The quantitative estimate of drug-likeness (QED) is 0.598. The van der Waals surface area contributed by atoms with Gasteiger partial charge in [-0.2, -0.15) is 5.10 Å². The lowest BCUT2D eigenvalue weighted by Crippen LogP contribution is -2.25. The zero-order chi connectivity index (χ0) is 12.0. The third kappa shape index (κ3) is 3.47. The minimum Gasteiger partial charge on any atom is -0.378 e. The molecule has 0 spiro atoms. The number of amides is 1. The van der Waals surface area contributed by atoms with E-state index in [9.17, 15) is 9.90 Å². The fourth-order valence-corrected chi connectivity index (χ4v) is 1.08. The predicted octanol–water partition coefficient (Wildman–Crippen LogP) is 1.62. The van der Waals surface area contributed by atoms with Crippen LogP contribution in [-0.4, -0.2) is 16.7 Å². The topological polar surface area (TPSA) is 61.7 Å². The average molecular weight is 220 g/mol. The molecule has 0 radical (unpaired) electrons. The van der Waals surface area contributed by atoms with Gasteiger partial charge in [0, 0.05) is 5.71 Å². The van der Waals surface area contributed by atoms with E-state index in [1.807, 2.05) is 19.9 Å². The Morgan fingerprint density at radius 3 is 2.62 bits per heavy atom. The Hall–Kier alpha value is -1.68. The standard InChI is InChI=1S/C12H16N2O2/c1-3-9(2)13-14-12(16)11(15)10-7-5-4-6-8-10/h4-8,11,15H,3H2,1-2H3,(H,14,16)/b13-9+. The van der Waals surface area contributed by atoms with Crippen LogP contribution < -0.4 is 5.43 Å². The van der Waals surface area contributed by atoms with Crippen molar-refractivity contribution in [1.82, 2.24) is 5.43 Å². The van der Waals surface area contributed by atoms with E-state index in [0.29, 0.717) is 5.56 Å². The number of hydrazone groups is 1. The summed E-state index contributed by atoms with van der Waals surface area (Å²) in [6.07, 6.45) is -0.406. The van der Waals surface area contributed by atoms with Crippen LogP contribution in [0.1, 0.15) is 31.9 Å². The highest BCUT2D eigenvalue weighted by atomic mass is 16.3. The Morgan fingerprint density at radius 1 is 1.44 bits per heavy atom. The van der Waals surface area contributed by atoms with Crippen LogP contribution in [0.5, 0.6) is 0 Å². The SMILES string of the molecule is CC/C(C)=N/NC(=O)C(O)c1ccccc1. The van der Waals surface area contributed by atoms with Gasteiger partial charge in [0.1, 0.15) is 0 Å². The van der Waals surface area contributed by atoms with Crippen LogP contribution >= 0.6 is 0 Å². The number of carbonyl (C=O) groups excluding carboxylic acids is 1. The first kappa shape index (κ1) is 12.4.